The van der Waals surface area contributed by atoms with Gasteiger partial charge >= 0.3 is 5.97 Å². The van der Waals surface area contributed by atoms with Crippen molar-refractivity contribution in [3.05, 3.63) is 93.1 Å². The van der Waals surface area contributed by atoms with Crippen LogP contribution in [-0.2, 0) is 20.7 Å². The van der Waals surface area contributed by atoms with Gasteiger partial charge in [-0.1, -0.05) is 60.7 Å². The number of halogens is 1. The lowest BCUT2D eigenvalue weighted by molar-refractivity contribution is -0.145. The van der Waals surface area contributed by atoms with Crippen molar-refractivity contribution in [2.24, 2.45) is 0 Å². The van der Waals surface area contributed by atoms with Crippen molar-refractivity contribution in [1.82, 2.24) is 5.32 Å². The second-order valence-electron chi connectivity index (χ2n) is 7.02. The molecule has 4 nitrogen and oxygen atoms in total. The Morgan fingerprint density at radius 3 is 2.03 bits per heavy atom. The molecule has 4 rings (SSSR count). The second-order valence-corrected chi connectivity index (χ2v) is 8.27. The molecular weight excluding hydrogens is 477 g/mol. The van der Waals surface area contributed by atoms with Crippen molar-refractivity contribution in [3.63, 3.8) is 0 Å². The highest BCUT2D eigenvalue weighted by molar-refractivity contribution is 14.1. The first kappa shape index (κ1) is 19.6. The van der Waals surface area contributed by atoms with Gasteiger partial charge in [0.05, 0.1) is 13.0 Å². The number of carbonyl (C=O) groups is 2. The smallest absolute Gasteiger partial charge is 0.328 e. The third kappa shape index (κ3) is 3.92. The van der Waals surface area contributed by atoms with Gasteiger partial charge in [-0.25, -0.2) is 4.79 Å². The van der Waals surface area contributed by atoms with Crippen molar-refractivity contribution in [3.8, 4) is 11.1 Å². The number of carbonyl (C=O) groups excluding carboxylic acids is 2. The summed E-state index contributed by atoms with van der Waals surface area (Å²) >= 11 is 2.24. The molecule has 0 unspecified atom stereocenters. The maximum absolute atomic E-state index is 13.3. The number of fused-ring (bicyclic) bond motifs is 3. The highest BCUT2D eigenvalue weighted by Crippen LogP contribution is 2.44. The fourth-order valence-corrected chi connectivity index (χ4v) is 4.24. The van der Waals surface area contributed by atoms with Crippen LogP contribution < -0.4 is 5.32 Å². The molecule has 0 bridgehead atoms. The minimum absolute atomic E-state index is 0.191. The minimum Gasteiger partial charge on any atom is -0.467 e. The summed E-state index contributed by atoms with van der Waals surface area (Å²) < 4.78 is 6.07. The fraction of sp³-hybridized carbons (Fsp3) is 0.167. The summed E-state index contributed by atoms with van der Waals surface area (Å²) in [7, 11) is 1.34. The van der Waals surface area contributed by atoms with E-state index in [4.69, 9.17) is 4.74 Å². The molecule has 146 valence electrons. The number of esters is 1. The van der Waals surface area contributed by atoms with Gasteiger partial charge in [0.1, 0.15) is 6.04 Å². The molecule has 1 amide bonds. The van der Waals surface area contributed by atoms with Crippen LogP contribution in [0.3, 0.4) is 0 Å². The Morgan fingerprint density at radius 2 is 1.48 bits per heavy atom. The number of hydrogen-bond donors (Lipinski definition) is 1. The Labute approximate surface area is 183 Å². The normalized spacial score (nSPS) is 13.3. The summed E-state index contributed by atoms with van der Waals surface area (Å²) in [5.41, 5.74) is 5.02. The van der Waals surface area contributed by atoms with Crippen LogP contribution in [0.4, 0.5) is 0 Å². The number of amides is 1. The molecule has 3 aromatic carbocycles. The average molecular weight is 497 g/mol. The van der Waals surface area contributed by atoms with Gasteiger partial charge in [0.2, 0.25) is 5.91 Å². The molecule has 0 aliphatic heterocycles. The first-order valence-electron chi connectivity index (χ1n) is 9.39. The Bertz CT molecular complexity index is 1020. The summed E-state index contributed by atoms with van der Waals surface area (Å²) in [5.74, 6) is -1.08. The van der Waals surface area contributed by atoms with Crippen LogP contribution in [-0.4, -0.2) is 25.0 Å². The SMILES string of the molecule is COC(=O)[C@@H](Cc1ccc(I)cc1)NC(=O)C1c2ccccc2-c2ccccc21. The summed E-state index contributed by atoms with van der Waals surface area (Å²) in [6, 6.07) is 23.0. The van der Waals surface area contributed by atoms with Gasteiger partial charge in [-0.15, -0.1) is 0 Å². The van der Waals surface area contributed by atoms with E-state index in [1.165, 1.54) is 7.11 Å². The zero-order chi connectivity index (χ0) is 20.4. The topological polar surface area (TPSA) is 55.4 Å². The lowest BCUT2D eigenvalue weighted by Gasteiger charge is -2.20. The van der Waals surface area contributed by atoms with E-state index >= 15 is 0 Å². The number of nitrogens with one attached hydrogen (secondary N) is 1. The van der Waals surface area contributed by atoms with E-state index < -0.39 is 17.9 Å². The maximum atomic E-state index is 13.3. The Kier molecular flexibility index (Phi) is 5.67. The molecule has 0 saturated carbocycles. The Morgan fingerprint density at radius 1 is 0.931 bits per heavy atom. The van der Waals surface area contributed by atoms with Crippen LogP contribution >= 0.6 is 22.6 Å². The van der Waals surface area contributed by atoms with Gasteiger partial charge in [-0.3, -0.25) is 4.79 Å². The predicted molar refractivity (Wildman–Crippen MR) is 121 cm³/mol. The molecule has 0 spiro atoms. The second kappa shape index (κ2) is 8.37. The lowest BCUT2D eigenvalue weighted by atomic mass is 9.95. The zero-order valence-corrected chi connectivity index (χ0v) is 18.1. The Hall–Kier alpha value is -2.67. The van der Waals surface area contributed by atoms with Gasteiger partial charge in [0.15, 0.2) is 0 Å². The molecule has 0 radical (unpaired) electrons. The number of benzene rings is 3. The monoisotopic (exact) mass is 497 g/mol. The van der Waals surface area contributed by atoms with Crippen molar-refractivity contribution in [2.45, 2.75) is 18.4 Å². The van der Waals surface area contributed by atoms with Crippen LogP contribution in [0.25, 0.3) is 11.1 Å². The summed E-state index contributed by atoms with van der Waals surface area (Å²) in [5, 5.41) is 2.94. The number of hydrogen-bond acceptors (Lipinski definition) is 3. The molecule has 1 atom stereocenters. The molecule has 1 aliphatic rings. The minimum atomic E-state index is -0.743. The van der Waals surface area contributed by atoms with Crippen LogP contribution in [0, 0.1) is 3.57 Å². The zero-order valence-electron chi connectivity index (χ0n) is 15.9. The summed E-state index contributed by atoms with van der Waals surface area (Å²) in [4.78, 5) is 25.7. The standard InChI is InChI=1S/C24H20INO3/c1-29-24(28)21(14-15-10-12-16(25)13-11-15)26-23(27)22-19-8-4-2-6-17(19)18-7-3-5-9-20(18)22/h2-13,21-22H,14H2,1H3,(H,26,27)/t21-/m1/s1. The third-order valence-electron chi connectivity index (χ3n) is 5.25. The van der Waals surface area contributed by atoms with E-state index in [2.05, 4.69) is 27.9 Å². The first-order chi connectivity index (χ1) is 14.1. The molecule has 0 aromatic heterocycles. The predicted octanol–water partition coefficient (Wildman–Crippen LogP) is 4.30. The van der Waals surface area contributed by atoms with Crippen LogP contribution in [0.15, 0.2) is 72.8 Å². The van der Waals surface area contributed by atoms with Gasteiger partial charge in [0.25, 0.3) is 0 Å². The third-order valence-corrected chi connectivity index (χ3v) is 5.97. The molecule has 0 fully saturated rings. The van der Waals surface area contributed by atoms with E-state index in [1.807, 2.05) is 72.8 Å². The van der Waals surface area contributed by atoms with Gasteiger partial charge in [-0.2, -0.15) is 0 Å². The molecule has 0 saturated heterocycles. The molecule has 3 aromatic rings. The van der Waals surface area contributed by atoms with Gasteiger partial charge in [-0.05, 0) is 62.5 Å². The largest absolute Gasteiger partial charge is 0.467 e. The van der Waals surface area contributed by atoms with Gasteiger partial charge < -0.3 is 10.1 Å². The van der Waals surface area contributed by atoms with E-state index in [0.29, 0.717) is 6.42 Å². The number of ether oxygens (including phenoxy) is 1. The van der Waals surface area contributed by atoms with E-state index in [-0.39, 0.29) is 5.91 Å². The van der Waals surface area contributed by atoms with Crippen molar-refractivity contribution < 1.29 is 14.3 Å². The van der Waals surface area contributed by atoms with Gasteiger partial charge in [0, 0.05) is 9.99 Å². The average Bonchev–Trinajstić information content (AvgIpc) is 3.09. The molecule has 29 heavy (non-hydrogen) atoms. The van der Waals surface area contributed by atoms with Crippen LogP contribution in [0.5, 0.6) is 0 Å². The van der Waals surface area contributed by atoms with E-state index in [9.17, 15) is 9.59 Å². The molecule has 1 aliphatic carbocycles. The fourth-order valence-electron chi connectivity index (χ4n) is 3.88. The first-order valence-corrected chi connectivity index (χ1v) is 10.5. The van der Waals surface area contributed by atoms with Crippen LogP contribution in [0.2, 0.25) is 0 Å². The Balaban J connectivity index is 1.62. The quantitative estimate of drug-likeness (QED) is 0.423. The number of methoxy groups -OCH3 is 1. The highest BCUT2D eigenvalue weighted by Gasteiger charge is 2.35. The highest BCUT2D eigenvalue weighted by atomic mass is 127. The van der Waals surface area contributed by atoms with E-state index in [0.717, 1.165) is 31.4 Å². The van der Waals surface area contributed by atoms with Crippen molar-refractivity contribution >= 4 is 34.5 Å². The van der Waals surface area contributed by atoms with Crippen molar-refractivity contribution in [1.29, 1.82) is 0 Å². The van der Waals surface area contributed by atoms with Crippen molar-refractivity contribution in [2.75, 3.05) is 7.11 Å². The van der Waals surface area contributed by atoms with Crippen LogP contribution in [0.1, 0.15) is 22.6 Å². The molecule has 0 heterocycles. The van der Waals surface area contributed by atoms with E-state index in [1.54, 1.807) is 0 Å². The summed E-state index contributed by atoms with van der Waals surface area (Å²) in [6.45, 7) is 0. The lowest BCUT2D eigenvalue weighted by Crippen LogP contribution is -2.45. The maximum Gasteiger partial charge on any atom is 0.328 e. The number of rotatable bonds is 5. The summed E-state index contributed by atoms with van der Waals surface area (Å²) in [6.07, 6.45) is 0.380. The molecular formula is C24H20INO3. The molecule has 1 N–H and O–H groups in total. The molecule has 5 heteroatoms.